The fourth-order valence-corrected chi connectivity index (χ4v) is 2.09. The Morgan fingerprint density at radius 1 is 1.25 bits per heavy atom. The van der Waals surface area contributed by atoms with Crippen LogP contribution in [0.2, 0.25) is 0 Å². The van der Waals surface area contributed by atoms with Gasteiger partial charge in [0.2, 0.25) is 5.95 Å². The number of H-pyrrole nitrogens is 1. The number of nitrogens with one attached hydrogen (secondary N) is 2. The van der Waals surface area contributed by atoms with E-state index in [2.05, 4.69) is 44.8 Å². The van der Waals surface area contributed by atoms with E-state index in [0.717, 1.165) is 18.8 Å². The lowest BCUT2D eigenvalue weighted by molar-refractivity contribution is 0.478. The van der Waals surface area contributed by atoms with E-state index < -0.39 is 0 Å². The van der Waals surface area contributed by atoms with Crippen molar-refractivity contribution < 1.29 is 0 Å². The van der Waals surface area contributed by atoms with Gasteiger partial charge < -0.3 is 11.1 Å². The second-order valence-corrected chi connectivity index (χ2v) is 3.99. The van der Waals surface area contributed by atoms with E-state index in [0.29, 0.717) is 5.95 Å². The fraction of sp³-hybridized carbons (Fsp3) is 0.273. The van der Waals surface area contributed by atoms with Crippen LogP contribution < -0.4 is 11.1 Å². The van der Waals surface area contributed by atoms with Crippen LogP contribution in [-0.2, 0) is 13.0 Å². The van der Waals surface area contributed by atoms with Crippen molar-refractivity contribution in [1.29, 1.82) is 0 Å². The zero-order chi connectivity index (χ0) is 11.0. The van der Waals surface area contributed by atoms with Crippen LogP contribution in [0.3, 0.4) is 0 Å². The van der Waals surface area contributed by atoms with Crippen molar-refractivity contribution in [2.24, 2.45) is 0 Å². The molecule has 82 valence electrons. The number of anilines is 1. The average molecular weight is 215 g/mol. The summed E-state index contributed by atoms with van der Waals surface area (Å²) in [5.41, 5.74) is 8.21. The third-order valence-corrected chi connectivity index (χ3v) is 2.93. The summed E-state index contributed by atoms with van der Waals surface area (Å²) in [5, 5.41) is 10.1. The second kappa shape index (κ2) is 3.61. The molecule has 5 heteroatoms. The quantitative estimate of drug-likeness (QED) is 0.656. The summed E-state index contributed by atoms with van der Waals surface area (Å²) in [4.78, 5) is 4.16. The topological polar surface area (TPSA) is 79.6 Å². The Bertz CT molecular complexity index is 505. The average Bonchev–Trinajstić information content (AvgIpc) is 2.75. The number of benzene rings is 1. The largest absolute Gasteiger partial charge is 0.367 e. The molecule has 1 aliphatic rings. The molecule has 0 radical (unpaired) electrons. The highest BCUT2D eigenvalue weighted by atomic mass is 15.3. The molecule has 16 heavy (non-hydrogen) atoms. The monoisotopic (exact) mass is 215 g/mol. The van der Waals surface area contributed by atoms with Crippen LogP contribution in [-0.4, -0.2) is 15.2 Å². The van der Waals surface area contributed by atoms with Gasteiger partial charge in [0, 0.05) is 6.54 Å². The van der Waals surface area contributed by atoms with Gasteiger partial charge in [-0.1, -0.05) is 24.3 Å². The SMILES string of the molecule is Nc1n[nH]c([C@H]2Cc3ccccc3CN2)n1. The maximum absolute atomic E-state index is 5.50. The third-order valence-electron chi connectivity index (χ3n) is 2.93. The first-order valence-corrected chi connectivity index (χ1v) is 5.31. The van der Waals surface area contributed by atoms with Crippen molar-refractivity contribution in [3.05, 3.63) is 41.2 Å². The van der Waals surface area contributed by atoms with Crippen LogP contribution in [0.4, 0.5) is 5.95 Å². The van der Waals surface area contributed by atoms with Crippen molar-refractivity contribution >= 4 is 5.95 Å². The maximum Gasteiger partial charge on any atom is 0.239 e. The van der Waals surface area contributed by atoms with Gasteiger partial charge >= 0.3 is 0 Å². The molecule has 0 unspecified atom stereocenters. The normalized spacial score (nSPS) is 19.4. The van der Waals surface area contributed by atoms with Crippen molar-refractivity contribution in [2.75, 3.05) is 5.73 Å². The molecule has 0 spiro atoms. The van der Waals surface area contributed by atoms with Gasteiger partial charge in [0.15, 0.2) is 0 Å². The highest BCUT2D eigenvalue weighted by Crippen LogP contribution is 2.23. The Morgan fingerprint density at radius 3 is 2.81 bits per heavy atom. The van der Waals surface area contributed by atoms with Crippen LogP contribution in [0.25, 0.3) is 0 Å². The highest BCUT2D eigenvalue weighted by molar-refractivity contribution is 5.31. The van der Waals surface area contributed by atoms with E-state index in [1.165, 1.54) is 11.1 Å². The molecule has 5 nitrogen and oxygen atoms in total. The van der Waals surface area contributed by atoms with Crippen molar-refractivity contribution in [2.45, 2.75) is 19.0 Å². The number of nitrogens with zero attached hydrogens (tertiary/aromatic N) is 2. The van der Waals surface area contributed by atoms with Gasteiger partial charge in [0.1, 0.15) is 5.82 Å². The van der Waals surface area contributed by atoms with Crippen LogP contribution in [0.5, 0.6) is 0 Å². The molecule has 1 aromatic heterocycles. The molecule has 0 saturated carbocycles. The molecule has 1 aliphatic heterocycles. The first-order valence-electron chi connectivity index (χ1n) is 5.31. The summed E-state index contributed by atoms with van der Waals surface area (Å²) in [6.07, 6.45) is 0.921. The maximum atomic E-state index is 5.50. The van der Waals surface area contributed by atoms with Crippen LogP contribution in [0, 0.1) is 0 Å². The number of fused-ring (bicyclic) bond motifs is 1. The molecular weight excluding hydrogens is 202 g/mol. The molecule has 4 N–H and O–H groups in total. The minimum atomic E-state index is 0.180. The zero-order valence-corrected chi connectivity index (χ0v) is 8.77. The lowest BCUT2D eigenvalue weighted by Gasteiger charge is -2.24. The van der Waals surface area contributed by atoms with E-state index in [9.17, 15) is 0 Å². The van der Waals surface area contributed by atoms with Gasteiger partial charge in [-0.15, -0.1) is 5.10 Å². The molecule has 2 aromatic rings. The van der Waals surface area contributed by atoms with E-state index in [4.69, 9.17) is 5.73 Å². The summed E-state index contributed by atoms with van der Waals surface area (Å²) in [6, 6.07) is 8.61. The van der Waals surface area contributed by atoms with E-state index in [-0.39, 0.29) is 6.04 Å². The lowest BCUT2D eigenvalue weighted by atomic mass is 9.96. The molecule has 1 aromatic carbocycles. The smallest absolute Gasteiger partial charge is 0.239 e. The van der Waals surface area contributed by atoms with E-state index in [1.54, 1.807) is 0 Å². The van der Waals surface area contributed by atoms with Crippen LogP contribution >= 0.6 is 0 Å². The summed E-state index contributed by atoms with van der Waals surface area (Å²) in [7, 11) is 0. The lowest BCUT2D eigenvalue weighted by Crippen LogP contribution is -2.29. The molecule has 0 aliphatic carbocycles. The van der Waals surface area contributed by atoms with Crippen LogP contribution in [0.1, 0.15) is 23.0 Å². The molecule has 0 bridgehead atoms. The van der Waals surface area contributed by atoms with Gasteiger partial charge in [-0.3, -0.25) is 5.10 Å². The molecular formula is C11H13N5. The minimum Gasteiger partial charge on any atom is -0.367 e. The van der Waals surface area contributed by atoms with Gasteiger partial charge in [-0.25, -0.2) is 0 Å². The van der Waals surface area contributed by atoms with Crippen molar-refractivity contribution in [1.82, 2.24) is 20.5 Å². The number of aromatic amines is 1. The summed E-state index contributed by atoms with van der Waals surface area (Å²) in [6.45, 7) is 0.863. The Morgan fingerprint density at radius 2 is 2.06 bits per heavy atom. The van der Waals surface area contributed by atoms with Gasteiger partial charge in [0.25, 0.3) is 0 Å². The Balaban J connectivity index is 1.88. The highest BCUT2D eigenvalue weighted by Gasteiger charge is 2.21. The Kier molecular flexibility index (Phi) is 2.11. The number of hydrogen-bond donors (Lipinski definition) is 3. The fourth-order valence-electron chi connectivity index (χ4n) is 2.09. The number of rotatable bonds is 1. The molecule has 0 saturated heterocycles. The third kappa shape index (κ3) is 1.55. The standard InChI is InChI=1S/C11H13N5/c12-11-14-10(15-16-11)9-5-7-3-1-2-4-8(7)6-13-9/h1-4,9,13H,5-6H2,(H3,12,14,15,16)/t9-/m1/s1. The van der Waals surface area contributed by atoms with E-state index >= 15 is 0 Å². The van der Waals surface area contributed by atoms with Crippen LogP contribution in [0.15, 0.2) is 24.3 Å². The molecule has 0 amide bonds. The summed E-state index contributed by atoms with van der Waals surface area (Å²) < 4.78 is 0. The number of nitrogen functional groups attached to an aromatic ring is 1. The van der Waals surface area contributed by atoms with Crippen molar-refractivity contribution in [3.8, 4) is 0 Å². The molecule has 3 rings (SSSR count). The minimum absolute atomic E-state index is 0.180. The molecule has 2 heterocycles. The predicted octanol–water partition coefficient (Wildman–Crippen LogP) is 0.774. The zero-order valence-electron chi connectivity index (χ0n) is 8.77. The second-order valence-electron chi connectivity index (χ2n) is 3.99. The Labute approximate surface area is 93.1 Å². The number of nitrogens with two attached hydrogens (primary N) is 1. The first-order chi connectivity index (χ1) is 7.83. The van der Waals surface area contributed by atoms with E-state index in [1.807, 2.05) is 0 Å². The van der Waals surface area contributed by atoms with Gasteiger partial charge in [-0.05, 0) is 17.5 Å². The Hall–Kier alpha value is -1.88. The first kappa shape index (κ1) is 9.35. The van der Waals surface area contributed by atoms with Gasteiger partial charge in [0.05, 0.1) is 6.04 Å². The number of aromatic nitrogens is 3. The predicted molar refractivity (Wildman–Crippen MR) is 60.5 cm³/mol. The summed E-state index contributed by atoms with van der Waals surface area (Å²) >= 11 is 0. The molecule has 1 atom stereocenters. The van der Waals surface area contributed by atoms with Crippen molar-refractivity contribution in [3.63, 3.8) is 0 Å². The van der Waals surface area contributed by atoms with Gasteiger partial charge in [-0.2, -0.15) is 4.98 Å². The number of hydrogen-bond acceptors (Lipinski definition) is 4. The summed E-state index contributed by atoms with van der Waals surface area (Å²) in [5.74, 6) is 1.11. The molecule has 0 fully saturated rings.